The molecule has 4 rings (SSSR count). The summed E-state index contributed by atoms with van der Waals surface area (Å²) < 4.78 is 5.02. The Kier molecular flexibility index (Phi) is 6.27. The predicted octanol–water partition coefficient (Wildman–Crippen LogP) is 3.69. The number of nitrogens with zero attached hydrogens (tertiary/aromatic N) is 2. The molecule has 0 aliphatic carbocycles. The summed E-state index contributed by atoms with van der Waals surface area (Å²) in [6, 6.07) is 15.0. The first kappa shape index (κ1) is 21.0. The summed E-state index contributed by atoms with van der Waals surface area (Å²) in [7, 11) is 0. The Morgan fingerprint density at radius 3 is 2.48 bits per heavy atom. The molecule has 1 saturated heterocycles. The van der Waals surface area contributed by atoms with Crippen LogP contribution in [0.2, 0.25) is 0 Å². The van der Waals surface area contributed by atoms with E-state index in [1.165, 1.54) is 11.8 Å². The van der Waals surface area contributed by atoms with E-state index in [1.54, 1.807) is 28.9 Å². The molecule has 7 nitrogen and oxygen atoms in total. The molecule has 0 atom stereocenters. The number of thioether (sulfide) groups is 1. The van der Waals surface area contributed by atoms with Crippen LogP contribution in [0.1, 0.15) is 22.8 Å². The highest BCUT2D eigenvalue weighted by molar-refractivity contribution is 8.04. The van der Waals surface area contributed by atoms with Gasteiger partial charge in [-0.3, -0.25) is 9.59 Å². The molecule has 160 valence electrons. The Morgan fingerprint density at radius 2 is 1.77 bits per heavy atom. The lowest BCUT2D eigenvalue weighted by atomic mass is 10.1. The van der Waals surface area contributed by atoms with Crippen molar-refractivity contribution in [3.05, 3.63) is 64.6 Å². The number of anilines is 1. The first-order valence-corrected chi connectivity index (χ1v) is 11.0. The maximum atomic E-state index is 12.9. The van der Waals surface area contributed by atoms with Gasteiger partial charge in [-0.15, -0.1) is 0 Å². The van der Waals surface area contributed by atoms with Gasteiger partial charge in [0.2, 0.25) is 0 Å². The van der Waals surface area contributed by atoms with Crippen LogP contribution in [0.4, 0.5) is 10.5 Å². The number of nitrogens with one attached hydrogen (secondary N) is 1. The molecule has 31 heavy (non-hydrogen) atoms. The van der Waals surface area contributed by atoms with Crippen molar-refractivity contribution in [2.75, 3.05) is 38.1 Å². The summed E-state index contributed by atoms with van der Waals surface area (Å²) in [6.45, 7) is 3.87. The molecule has 0 bridgehead atoms. The van der Waals surface area contributed by atoms with E-state index >= 15 is 0 Å². The summed E-state index contributed by atoms with van der Waals surface area (Å²) >= 11 is 1.39. The Morgan fingerprint density at radius 1 is 1.06 bits per heavy atom. The molecule has 2 aliphatic rings. The second-order valence-corrected chi connectivity index (χ2v) is 8.25. The van der Waals surface area contributed by atoms with Crippen LogP contribution in [0.15, 0.2) is 58.3 Å². The van der Waals surface area contributed by atoms with Crippen LogP contribution in [0, 0.1) is 0 Å². The second-order valence-electron chi connectivity index (χ2n) is 7.16. The first-order chi connectivity index (χ1) is 15.0. The van der Waals surface area contributed by atoms with E-state index in [-0.39, 0.29) is 17.9 Å². The molecule has 3 amide bonds. The molecular formula is C23H23N3O4S. The van der Waals surface area contributed by atoms with Crippen LogP contribution < -0.4 is 5.32 Å². The molecule has 2 aromatic rings. The van der Waals surface area contributed by atoms with Gasteiger partial charge in [0, 0.05) is 36.6 Å². The monoisotopic (exact) mass is 437 g/mol. The number of amides is 3. The number of carbonyl (C=O) groups is 3. The van der Waals surface area contributed by atoms with Gasteiger partial charge in [0.15, 0.2) is 0 Å². The molecule has 1 fully saturated rings. The number of fused-ring (bicyclic) bond motifs is 1. The Bertz CT molecular complexity index is 1030. The van der Waals surface area contributed by atoms with Crippen LogP contribution in [-0.4, -0.2) is 60.5 Å². The zero-order chi connectivity index (χ0) is 21.8. The zero-order valence-corrected chi connectivity index (χ0v) is 18.0. The lowest BCUT2D eigenvalue weighted by Crippen LogP contribution is -2.50. The number of rotatable bonds is 3. The van der Waals surface area contributed by atoms with E-state index in [4.69, 9.17) is 4.74 Å². The SMILES string of the molecule is CCOC(=O)N1CCN(C(=O)c2ccc3c(c2)NC(=O)C(=Cc2ccccc2)S3)CC1. The van der Waals surface area contributed by atoms with Crippen molar-refractivity contribution in [3.63, 3.8) is 0 Å². The highest BCUT2D eigenvalue weighted by Crippen LogP contribution is 2.39. The van der Waals surface area contributed by atoms with Crippen molar-refractivity contribution in [1.29, 1.82) is 0 Å². The fraction of sp³-hybridized carbons (Fsp3) is 0.261. The number of carbonyl (C=O) groups excluding carboxylic acids is 3. The third-order valence-corrected chi connectivity index (χ3v) is 6.21. The molecule has 2 aliphatic heterocycles. The third kappa shape index (κ3) is 4.74. The van der Waals surface area contributed by atoms with Gasteiger partial charge in [0.1, 0.15) is 0 Å². The topological polar surface area (TPSA) is 79.0 Å². The molecule has 0 spiro atoms. The van der Waals surface area contributed by atoms with Crippen molar-refractivity contribution in [2.45, 2.75) is 11.8 Å². The van der Waals surface area contributed by atoms with E-state index < -0.39 is 0 Å². The number of hydrogen-bond acceptors (Lipinski definition) is 5. The minimum atomic E-state index is -0.345. The largest absolute Gasteiger partial charge is 0.450 e. The van der Waals surface area contributed by atoms with Crippen LogP contribution in [0.3, 0.4) is 0 Å². The number of piperazine rings is 1. The minimum absolute atomic E-state index is 0.115. The molecule has 0 aromatic heterocycles. The number of ether oxygens (including phenoxy) is 1. The van der Waals surface area contributed by atoms with Crippen molar-refractivity contribution in [2.24, 2.45) is 0 Å². The normalized spacial score (nSPS) is 17.2. The average molecular weight is 438 g/mol. The maximum Gasteiger partial charge on any atom is 0.409 e. The molecule has 8 heteroatoms. The van der Waals surface area contributed by atoms with E-state index in [0.29, 0.717) is 48.9 Å². The summed E-state index contributed by atoms with van der Waals surface area (Å²) in [6.07, 6.45) is 1.51. The summed E-state index contributed by atoms with van der Waals surface area (Å²) in [5, 5.41) is 2.90. The van der Waals surface area contributed by atoms with Crippen LogP contribution in [0.5, 0.6) is 0 Å². The van der Waals surface area contributed by atoms with Crippen molar-refractivity contribution >= 4 is 41.4 Å². The molecule has 2 heterocycles. The minimum Gasteiger partial charge on any atom is -0.450 e. The fourth-order valence-corrected chi connectivity index (χ4v) is 4.42. The van der Waals surface area contributed by atoms with E-state index in [2.05, 4.69) is 5.32 Å². The third-order valence-electron chi connectivity index (χ3n) is 5.11. The quantitative estimate of drug-likeness (QED) is 0.741. The lowest BCUT2D eigenvalue weighted by Gasteiger charge is -2.34. The molecule has 0 unspecified atom stereocenters. The highest BCUT2D eigenvalue weighted by atomic mass is 32.2. The van der Waals surface area contributed by atoms with Crippen LogP contribution in [0.25, 0.3) is 6.08 Å². The molecule has 0 radical (unpaired) electrons. The van der Waals surface area contributed by atoms with Crippen molar-refractivity contribution in [3.8, 4) is 0 Å². The van der Waals surface area contributed by atoms with Crippen molar-refractivity contribution < 1.29 is 19.1 Å². The fourth-order valence-electron chi connectivity index (χ4n) is 3.48. The highest BCUT2D eigenvalue weighted by Gasteiger charge is 2.27. The summed E-state index contributed by atoms with van der Waals surface area (Å²) in [5.74, 6) is -0.301. The van der Waals surface area contributed by atoms with Gasteiger partial charge in [-0.2, -0.15) is 0 Å². The van der Waals surface area contributed by atoms with Gasteiger partial charge < -0.3 is 19.9 Å². The molecular weight excluding hydrogens is 414 g/mol. The Labute approximate surface area is 185 Å². The zero-order valence-electron chi connectivity index (χ0n) is 17.2. The number of benzene rings is 2. The van der Waals surface area contributed by atoms with Gasteiger partial charge in [0.25, 0.3) is 11.8 Å². The van der Waals surface area contributed by atoms with E-state index in [1.807, 2.05) is 42.5 Å². The summed E-state index contributed by atoms with van der Waals surface area (Å²) in [5.41, 5.74) is 2.10. The molecule has 2 aromatic carbocycles. The second kappa shape index (κ2) is 9.26. The standard InChI is InChI=1S/C23H23N3O4S/c1-2-30-23(29)26-12-10-25(11-13-26)22(28)17-8-9-19-18(15-17)24-21(27)20(31-19)14-16-6-4-3-5-7-16/h3-9,14-15H,2,10-13H2,1H3,(H,24,27). The predicted molar refractivity (Wildman–Crippen MR) is 120 cm³/mol. The molecule has 0 saturated carbocycles. The maximum absolute atomic E-state index is 12.9. The van der Waals surface area contributed by atoms with Crippen LogP contribution >= 0.6 is 11.8 Å². The van der Waals surface area contributed by atoms with Gasteiger partial charge in [-0.1, -0.05) is 42.1 Å². The van der Waals surface area contributed by atoms with Crippen molar-refractivity contribution in [1.82, 2.24) is 9.80 Å². The van der Waals surface area contributed by atoms with E-state index in [0.717, 1.165) is 10.5 Å². The van der Waals surface area contributed by atoms with E-state index in [9.17, 15) is 14.4 Å². The Balaban J connectivity index is 1.44. The van der Waals surface area contributed by atoms with Crippen LogP contribution in [-0.2, 0) is 9.53 Å². The Hall–Kier alpha value is -3.26. The first-order valence-electron chi connectivity index (χ1n) is 10.2. The average Bonchev–Trinajstić information content (AvgIpc) is 2.80. The summed E-state index contributed by atoms with van der Waals surface area (Å²) in [4.78, 5) is 42.1. The number of hydrogen-bond donors (Lipinski definition) is 1. The molecule has 1 N–H and O–H groups in total. The van der Waals surface area contributed by atoms with Gasteiger partial charge in [0.05, 0.1) is 17.2 Å². The van der Waals surface area contributed by atoms with Gasteiger partial charge >= 0.3 is 6.09 Å². The van der Waals surface area contributed by atoms with Gasteiger partial charge in [-0.25, -0.2) is 4.79 Å². The van der Waals surface area contributed by atoms with Gasteiger partial charge in [-0.05, 0) is 36.8 Å². The smallest absolute Gasteiger partial charge is 0.409 e. The lowest BCUT2D eigenvalue weighted by molar-refractivity contribution is -0.112.